The van der Waals surface area contributed by atoms with Crippen LogP contribution in [0, 0.1) is 0 Å². The molecule has 0 radical (unpaired) electrons. The average molecular weight is 398 g/mol. The van der Waals surface area contributed by atoms with Crippen LogP contribution in [0.4, 0.5) is 11.4 Å². The van der Waals surface area contributed by atoms with Gasteiger partial charge in [0.25, 0.3) is 5.91 Å². The molecule has 0 unspecified atom stereocenters. The Morgan fingerprint density at radius 1 is 1.00 bits per heavy atom. The summed E-state index contributed by atoms with van der Waals surface area (Å²) in [5, 5.41) is 6.49. The highest BCUT2D eigenvalue weighted by molar-refractivity contribution is 6.32. The fraction of sp³-hybridized carbons (Fsp3) is 0.143. The van der Waals surface area contributed by atoms with E-state index in [0.717, 1.165) is 17.0 Å². The van der Waals surface area contributed by atoms with Gasteiger partial charge in [0.1, 0.15) is 11.5 Å². The fourth-order valence-electron chi connectivity index (χ4n) is 2.56. The van der Waals surface area contributed by atoms with Gasteiger partial charge in [-0.15, -0.1) is 0 Å². The van der Waals surface area contributed by atoms with Gasteiger partial charge in [-0.3, -0.25) is 9.78 Å². The van der Waals surface area contributed by atoms with Gasteiger partial charge in [-0.2, -0.15) is 0 Å². The van der Waals surface area contributed by atoms with Gasteiger partial charge in [-0.05, 0) is 42.0 Å². The molecule has 0 spiro atoms. The predicted octanol–water partition coefficient (Wildman–Crippen LogP) is 4.62. The maximum atomic E-state index is 12.5. The van der Waals surface area contributed by atoms with Crippen molar-refractivity contribution in [1.82, 2.24) is 4.98 Å². The number of rotatable bonds is 7. The molecule has 1 amide bonds. The zero-order valence-electron chi connectivity index (χ0n) is 15.5. The number of anilines is 2. The van der Waals surface area contributed by atoms with E-state index in [0.29, 0.717) is 28.6 Å². The van der Waals surface area contributed by atoms with E-state index in [2.05, 4.69) is 15.6 Å². The normalized spacial score (nSPS) is 10.2. The monoisotopic (exact) mass is 397 g/mol. The summed E-state index contributed by atoms with van der Waals surface area (Å²) < 4.78 is 10.3. The maximum Gasteiger partial charge on any atom is 0.257 e. The van der Waals surface area contributed by atoms with Crippen molar-refractivity contribution >= 4 is 28.9 Å². The third-order valence-electron chi connectivity index (χ3n) is 4.07. The summed E-state index contributed by atoms with van der Waals surface area (Å²) in [6, 6.07) is 14.6. The Bertz CT molecular complexity index is 961. The molecule has 0 saturated carbocycles. The number of halogens is 1. The van der Waals surface area contributed by atoms with Crippen LogP contribution >= 0.6 is 11.6 Å². The minimum atomic E-state index is -0.276. The summed E-state index contributed by atoms with van der Waals surface area (Å²) in [5.41, 5.74) is 2.85. The number of amides is 1. The highest BCUT2D eigenvalue weighted by atomic mass is 35.5. The number of methoxy groups -OCH3 is 2. The third-order valence-corrected chi connectivity index (χ3v) is 4.36. The van der Waals surface area contributed by atoms with Gasteiger partial charge < -0.3 is 20.1 Å². The molecule has 1 aromatic heterocycles. The molecular formula is C21H20ClN3O3. The van der Waals surface area contributed by atoms with Gasteiger partial charge in [0.15, 0.2) is 0 Å². The second-order valence-electron chi connectivity index (χ2n) is 5.97. The number of ether oxygens (including phenoxy) is 2. The van der Waals surface area contributed by atoms with E-state index in [9.17, 15) is 4.79 Å². The van der Waals surface area contributed by atoms with Crippen LogP contribution in [0.5, 0.6) is 11.5 Å². The Hall–Kier alpha value is -3.25. The lowest BCUT2D eigenvalue weighted by Gasteiger charge is -2.10. The second-order valence-corrected chi connectivity index (χ2v) is 6.37. The van der Waals surface area contributed by atoms with Gasteiger partial charge in [0, 0.05) is 24.6 Å². The smallest absolute Gasteiger partial charge is 0.257 e. The lowest BCUT2D eigenvalue weighted by Crippen LogP contribution is -2.13. The van der Waals surface area contributed by atoms with Crippen LogP contribution in [0.1, 0.15) is 15.9 Å². The molecule has 3 rings (SSSR count). The van der Waals surface area contributed by atoms with E-state index in [1.165, 1.54) is 13.3 Å². The molecule has 28 heavy (non-hydrogen) atoms. The van der Waals surface area contributed by atoms with Crippen LogP contribution in [0.15, 0.2) is 60.9 Å². The first-order valence-electron chi connectivity index (χ1n) is 8.56. The van der Waals surface area contributed by atoms with E-state index in [1.54, 1.807) is 37.6 Å². The van der Waals surface area contributed by atoms with Crippen molar-refractivity contribution in [3.8, 4) is 11.5 Å². The Balaban J connectivity index is 1.64. The number of aromatic nitrogens is 1. The number of pyridine rings is 1. The average Bonchev–Trinajstić information content (AvgIpc) is 2.73. The molecule has 2 aromatic carbocycles. The van der Waals surface area contributed by atoms with Gasteiger partial charge in [0.05, 0.1) is 30.5 Å². The van der Waals surface area contributed by atoms with Crippen molar-refractivity contribution in [2.45, 2.75) is 6.54 Å². The summed E-state index contributed by atoms with van der Waals surface area (Å²) in [7, 11) is 3.17. The van der Waals surface area contributed by atoms with Crippen molar-refractivity contribution in [2.75, 3.05) is 24.9 Å². The number of hydrogen-bond acceptors (Lipinski definition) is 5. The van der Waals surface area contributed by atoms with Crippen LogP contribution in [0.3, 0.4) is 0 Å². The van der Waals surface area contributed by atoms with Gasteiger partial charge in [-0.25, -0.2) is 0 Å². The first-order chi connectivity index (χ1) is 13.6. The standard InChI is InChI=1S/C21H20ClN3O3/c1-27-18-6-3-14(4-7-18)11-24-17-9-15(12-23-13-17)21(26)25-16-5-8-20(28-2)19(22)10-16/h3-10,12-13,24H,11H2,1-2H3,(H,25,26). The molecular weight excluding hydrogens is 378 g/mol. The zero-order valence-corrected chi connectivity index (χ0v) is 16.3. The molecule has 6 nitrogen and oxygen atoms in total. The molecule has 144 valence electrons. The molecule has 0 saturated heterocycles. The zero-order chi connectivity index (χ0) is 19.9. The SMILES string of the molecule is COc1ccc(CNc2cncc(C(=O)Nc3ccc(OC)c(Cl)c3)c2)cc1. The van der Waals surface area contributed by atoms with Gasteiger partial charge in [-0.1, -0.05) is 23.7 Å². The molecule has 2 N–H and O–H groups in total. The minimum Gasteiger partial charge on any atom is -0.497 e. The number of carbonyl (C=O) groups excluding carboxylic acids is 1. The quantitative estimate of drug-likeness (QED) is 0.608. The number of nitrogens with zero attached hydrogens (tertiary/aromatic N) is 1. The van der Waals surface area contributed by atoms with E-state index >= 15 is 0 Å². The summed E-state index contributed by atoms with van der Waals surface area (Å²) in [6.45, 7) is 0.602. The van der Waals surface area contributed by atoms with Crippen molar-refractivity contribution < 1.29 is 14.3 Å². The summed E-state index contributed by atoms with van der Waals surface area (Å²) in [4.78, 5) is 16.7. The first kappa shape index (κ1) is 19.5. The predicted molar refractivity (Wildman–Crippen MR) is 111 cm³/mol. The van der Waals surface area contributed by atoms with Crippen LogP contribution < -0.4 is 20.1 Å². The second kappa shape index (κ2) is 9.10. The van der Waals surface area contributed by atoms with Gasteiger partial charge in [0.2, 0.25) is 0 Å². The number of carbonyl (C=O) groups is 1. The first-order valence-corrected chi connectivity index (χ1v) is 8.93. The molecule has 3 aromatic rings. The fourth-order valence-corrected chi connectivity index (χ4v) is 2.81. The van der Waals surface area contributed by atoms with Gasteiger partial charge >= 0.3 is 0 Å². The van der Waals surface area contributed by atoms with Crippen molar-refractivity contribution in [1.29, 1.82) is 0 Å². The largest absolute Gasteiger partial charge is 0.497 e. The summed E-state index contributed by atoms with van der Waals surface area (Å²) in [6.07, 6.45) is 3.18. The molecule has 0 aliphatic heterocycles. The molecule has 7 heteroatoms. The Morgan fingerprint density at radius 2 is 1.79 bits per heavy atom. The number of nitrogens with one attached hydrogen (secondary N) is 2. The molecule has 0 bridgehead atoms. The highest BCUT2D eigenvalue weighted by Gasteiger charge is 2.09. The molecule has 1 heterocycles. The van der Waals surface area contributed by atoms with Crippen LogP contribution in [-0.2, 0) is 6.54 Å². The van der Waals surface area contributed by atoms with E-state index in [4.69, 9.17) is 21.1 Å². The van der Waals surface area contributed by atoms with Crippen molar-refractivity contribution in [2.24, 2.45) is 0 Å². The molecule has 0 aliphatic rings. The third kappa shape index (κ3) is 4.92. The van der Waals surface area contributed by atoms with E-state index in [1.807, 2.05) is 24.3 Å². The van der Waals surface area contributed by atoms with Crippen molar-refractivity contribution in [3.63, 3.8) is 0 Å². The lowest BCUT2D eigenvalue weighted by atomic mass is 10.2. The Kier molecular flexibility index (Phi) is 6.34. The minimum absolute atomic E-state index is 0.276. The van der Waals surface area contributed by atoms with Crippen LogP contribution in [0.25, 0.3) is 0 Å². The molecule has 0 atom stereocenters. The van der Waals surface area contributed by atoms with E-state index < -0.39 is 0 Å². The van der Waals surface area contributed by atoms with E-state index in [-0.39, 0.29) is 5.91 Å². The Morgan fingerprint density at radius 3 is 2.46 bits per heavy atom. The van der Waals surface area contributed by atoms with Crippen molar-refractivity contribution in [3.05, 3.63) is 77.1 Å². The topological polar surface area (TPSA) is 72.5 Å². The maximum absolute atomic E-state index is 12.5. The molecule has 0 fully saturated rings. The lowest BCUT2D eigenvalue weighted by molar-refractivity contribution is 0.102. The summed E-state index contributed by atoms with van der Waals surface area (Å²) >= 11 is 6.10. The highest BCUT2D eigenvalue weighted by Crippen LogP contribution is 2.27. The number of hydrogen-bond donors (Lipinski definition) is 2. The number of benzene rings is 2. The summed E-state index contributed by atoms with van der Waals surface area (Å²) in [5.74, 6) is 1.08. The van der Waals surface area contributed by atoms with Crippen LogP contribution in [0.2, 0.25) is 5.02 Å². The Labute approximate surface area is 168 Å². The molecule has 0 aliphatic carbocycles. The van der Waals surface area contributed by atoms with Crippen LogP contribution in [-0.4, -0.2) is 25.1 Å².